The van der Waals surface area contributed by atoms with Crippen LogP contribution in [0.5, 0.6) is 11.5 Å². The number of fused-ring (bicyclic) bond motifs is 1. The first-order chi connectivity index (χ1) is 14.1. The highest BCUT2D eigenvalue weighted by Gasteiger charge is 2.25. The Hall–Kier alpha value is -3.67. The van der Waals surface area contributed by atoms with Gasteiger partial charge in [0, 0.05) is 22.8 Å². The summed E-state index contributed by atoms with van der Waals surface area (Å²) in [5.41, 5.74) is 3.09. The van der Waals surface area contributed by atoms with Crippen LogP contribution in [0.3, 0.4) is 0 Å². The van der Waals surface area contributed by atoms with Crippen molar-refractivity contribution in [3.05, 3.63) is 77.6 Å². The van der Waals surface area contributed by atoms with Crippen LogP contribution in [-0.2, 0) is 4.79 Å². The van der Waals surface area contributed by atoms with Crippen molar-refractivity contribution in [3.8, 4) is 22.6 Å². The molecule has 1 aliphatic rings. The van der Waals surface area contributed by atoms with Gasteiger partial charge in [-0.3, -0.25) is 0 Å². The summed E-state index contributed by atoms with van der Waals surface area (Å²) in [4.78, 5) is 16.3. The molecule has 146 valence electrons. The predicted molar refractivity (Wildman–Crippen MR) is 110 cm³/mol. The van der Waals surface area contributed by atoms with Gasteiger partial charge in [0.1, 0.15) is 24.0 Å². The van der Waals surface area contributed by atoms with E-state index in [9.17, 15) is 9.18 Å². The molecule has 0 bridgehead atoms. The maximum absolute atomic E-state index is 14.8. The zero-order chi connectivity index (χ0) is 20.4. The molecule has 0 aliphatic carbocycles. The summed E-state index contributed by atoms with van der Waals surface area (Å²) in [7, 11) is 3.06. The lowest BCUT2D eigenvalue weighted by molar-refractivity contribution is -0.109. The van der Waals surface area contributed by atoms with E-state index in [-0.39, 0.29) is 5.82 Å². The Morgan fingerprint density at radius 3 is 2.34 bits per heavy atom. The molecule has 1 N–H and O–H groups in total. The summed E-state index contributed by atoms with van der Waals surface area (Å²) in [5, 5.41) is 3.07. The lowest BCUT2D eigenvalue weighted by Crippen LogP contribution is -2.33. The monoisotopic (exact) mass is 390 g/mol. The van der Waals surface area contributed by atoms with Crippen LogP contribution >= 0.6 is 0 Å². The van der Waals surface area contributed by atoms with Gasteiger partial charge in [-0.15, -0.1) is 0 Å². The third kappa shape index (κ3) is 3.45. The number of rotatable bonds is 5. The molecule has 0 aromatic heterocycles. The van der Waals surface area contributed by atoms with Crippen molar-refractivity contribution in [2.45, 2.75) is 6.04 Å². The lowest BCUT2D eigenvalue weighted by atomic mass is 9.99. The number of nitrogens with zero attached hydrogens (tertiary/aromatic N) is 1. The molecule has 0 fully saturated rings. The Balaban J connectivity index is 1.77. The first kappa shape index (κ1) is 18.7. The van der Waals surface area contributed by atoms with Crippen LogP contribution in [0.2, 0.25) is 0 Å². The number of halogens is 1. The average Bonchev–Trinajstić information content (AvgIpc) is 2.77. The van der Waals surface area contributed by atoms with E-state index in [1.54, 1.807) is 24.3 Å². The smallest absolute Gasteiger partial charge is 0.162 e. The normalized spacial score (nSPS) is 15.0. The van der Waals surface area contributed by atoms with E-state index in [1.165, 1.54) is 20.3 Å². The molecule has 3 aromatic carbocycles. The third-order valence-electron chi connectivity index (χ3n) is 4.86. The zero-order valence-electron chi connectivity index (χ0n) is 16.0. The molecule has 5 nitrogen and oxygen atoms in total. The topological polar surface area (TPSA) is 59.9 Å². The molecule has 0 radical (unpaired) electrons. The van der Waals surface area contributed by atoms with E-state index >= 15 is 0 Å². The fourth-order valence-corrected chi connectivity index (χ4v) is 3.38. The molecule has 1 unspecified atom stereocenters. The number of carbonyl (C=O) groups is 1. The first-order valence-corrected chi connectivity index (χ1v) is 9.06. The number of aldehydes is 1. The summed E-state index contributed by atoms with van der Waals surface area (Å²) in [6.45, 7) is 0. The minimum Gasteiger partial charge on any atom is -0.493 e. The second kappa shape index (κ2) is 7.75. The SMILES string of the molecule is COc1cc2c(cc1OC)C(C=O)NC(c1ccc(-c3ccccc3)c(F)c1)=N2. The van der Waals surface area contributed by atoms with Crippen molar-refractivity contribution < 1.29 is 18.7 Å². The van der Waals surface area contributed by atoms with Crippen LogP contribution in [0.1, 0.15) is 17.2 Å². The second-order valence-corrected chi connectivity index (χ2v) is 6.55. The van der Waals surface area contributed by atoms with Gasteiger partial charge in [0.05, 0.1) is 19.9 Å². The molecular weight excluding hydrogens is 371 g/mol. The van der Waals surface area contributed by atoms with Crippen LogP contribution in [0, 0.1) is 5.82 Å². The quantitative estimate of drug-likeness (QED) is 0.655. The number of amidine groups is 1. The third-order valence-corrected chi connectivity index (χ3v) is 4.86. The van der Waals surface area contributed by atoms with E-state index in [1.807, 2.05) is 30.3 Å². The summed E-state index contributed by atoms with van der Waals surface area (Å²) in [5.74, 6) is 1.07. The minimum absolute atomic E-state index is 0.362. The molecule has 1 atom stereocenters. The number of ether oxygens (including phenoxy) is 2. The molecule has 0 saturated heterocycles. The maximum atomic E-state index is 14.8. The molecule has 3 aromatic rings. The van der Waals surface area contributed by atoms with Crippen LogP contribution in [-0.4, -0.2) is 26.3 Å². The predicted octanol–water partition coefficient (Wildman–Crippen LogP) is 4.43. The molecule has 1 aliphatic heterocycles. The largest absolute Gasteiger partial charge is 0.493 e. The highest BCUT2D eigenvalue weighted by Crippen LogP contribution is 2.39. The fourth-order valence-electron chi connectivity index (χ4n) is 3.38. The van der Waals surface area contributed by atoms with E-state index in [0.29, 0.717) is 39.7 Å². The van der Waals surface area contributed by atoms with E-state index in [4.69, 9.17) is 9.47 Å². The number of aliphatic imine (C=N–C) groups is 1. The Morgan fingerprint density at radius 2 is 1.69 bits per heavy atom. The van der Waals surface area contributed by atoms with Crippen molar-refractivity contribution in [3.63, 3.8) is 0 Å². The van der Waals surface area contributed by atoms with Crippen LogP contribution in [0.15, 0.2) is 65.7 Å². The molecule has 1 heterocycles. The average molecular weight is 390 g/mol. The first-order valence-electron chi connectivity index (χ1n) is 9.06. The summed E-state index contributed by atoms with van der Waals surface area (Å²) < 4.78 is 25.4. The zero-order valence-corrected chi connectivity index (χ0v) is 16.0. The number of hydrogen-bond acceptors (Lipinski definition) is 5. The minimum atomic E-state index is -0.630. The number of methoxy groups -OCH3 is 2. The van der Waals surface area contributed by atoms with E-state index in [0.717, 1.165) is 11.8 Å². The Bertz CT molecular complexity index is 1100. The molecule has 0 amide bonds. The van der Waals surface area contributed by atoms with Crippen LogP contribution in [0.25, 0.3) is 11.1 Å². The number of nitrogens with one attached hydrogen (secondary N) is 1. The van der Waals surface area contributed by atoms with Gasteiger partial charge < -0.3 is 19.6 Å². The van der Waals surface area contributed by atoms with Gasteiger partial charge in [-0.2, -0.15) is 0 Å². The Morgan fingerprint density at radius 1 is 0.966 bits per heavy atom. The number of hydrogen-bond donors (Lipinski definition) is 1. The molecular formula is C23H19FN2O3. The van der Waals surface area contributed by atoms with Gasteiger partial charge in [-0.1, -0.05) is 42.5 Å². The van der Waals surface area contributed by atoms with Gasteiger partial charge in [-0.25, -0.2) is 9.38 Å². The van der Waals surface area contributed by atoms with Crippen LogP contribution in [0.4, 0.5) is 10.1 Å². The molecule has 29 heavy (non-hydrogen) atoms. The van der Waals surface area contributed by atoms with Crippen molar-refractivity contribution in [2.75, 3.05) is 14.2 Å². The van der Waals surface area contributed by atoms with Crippen molar-refractivity contribution in [2.24, 2.45) is 4.99 Å². The van der Waals surface area contributed by atoms with Gasteiger partial charge in [0.2, 0.25) is 0 Å². The van der Waals surface area contributed by atoms with Crippen molar-refractivity contribution >= 4 is 17.8 Å². The van der Waals surface area contributed by atoms with Gasteiger partial charge in [0.25, 0.3) is 0 Å². The summed E-state index contributed by atoms with van der Waals surface area (Å²) >= 11 is 0. The van der Waals surface area contributed by atoms with E-state index < -0.39 is 6.04 Å². The fraction of sp³-hybridized carbons (Fsp3) is 0.130. The highest BCUT2D eigenvalue weighted by atomic mass is 19.1. The highest BCUT2D eigenvalue weighted by molar-refractivity contribution is 6.03. The molecule has 6 heteroatoms. The van der Waals surface area contributed by atoms with Crippen LogP contribution < -0.4 is 14.8 Å². The van der Waals surface area contributed by atoms with Gasteiger partial charge >= 0.3 is 0 Å². The van der Waals surface area contributed by atoms with Crippen molar-refractivity contribution in [1.29, 1.82) is 0 Å². The number of benzene rings is 3. The molecule has 4 rings (SSSR count). The summed E-state index contributed by atoms with van der Waals surface area (Å²) in [6, 6.07) is 17.0. The maximum Gasteiger partial charge on any atom is 0.162 e. The Labute approximate surface area is 167 Å². The van der Waals surface area contributed by atoms with Gasteiger partial charge in [-0.05, 0) is 17.7 Å². The molecule has 0 spiro atoms. The standard InChI is InChI=1S/C23H19FN2O3/c1-28-21-11-17-19(12-22(21)29-2)25-23(26-20(17)13-27)15-8-9-16(18(24)10-15)14-6-4-3-5-7-14/h3-13,20H,1-2H3,(H,25,26). The second-order valence-electron chi connectivity index (χ2n) is 6.55. The lowest BCUT2D eigenvalue weighted by Gasteiger charge is -2.25. The van der Waals surface area contributed by atoms with E-state index in [2.05, 4.69) is 10.3 Å². The van der Waals surface area contributed by atoms with Gasteiger partial charge in [0.15, 0.2) is 11.5 Å². The Kier molecular flexibility index (Phi) is 4.99. The van der Waals surface area contributed by atoms with Crippen molar-refractivity contribution in [1.82, 2.24) is 5.32 Å². The summed E-state index contributed by atoms with van der Waals surface area (Å²) in [6.07, 6.45) is 0.786. The number of carbonyl (C=O) groups excluding carboxylic acids is 1. The molecule has 0 saturated carbocycles.